The molecule has 2 heterocycles. The molecule has 0 N–H and O–H groups in total. The first kappa shape index (κ1) is 18.1. The van der Waals surface area contributed by atoms with Crippen LogP contribution in [0.15, 0.2) is 91.3 Å². The van der Waals surface area contributed by atoms with Gasteiger partial charge in [0.25, 0.3) is 0 Å². The van der Waals surface area contributed by atoms with E-state index in [1.807, 2.05) is 6.07 Å². The largest absolute Gasteiger partial charge is 0.470 e. The van der Waals surface area contributed by atoms with Crippen molar-refractivity contribution in [3.63, 3.8) is 0 Å². The molecule has 2 atom stereocenters. The van der Waals surface area contributed by atoms with Crippen LogP contribution in [0.5, 0.6) is 5.75 Å². The third-order valence-electron chi connectivity index (χ3n) is 5.67. The second-order valence-electron chi connectivity index (χ2n) is 7.82. The van der Waals surface area contributed by atoms with Gasteiger partial charge in [0.2, 0.25) is 0 Å². The molecule has 0 saturated heterocycles. The van der Waals surface area contributed by atoms with Crippen LogP contribution in [0.4, 0.5) is 0 Å². The van der Waals surface area contributed by atoms with E-state index in [9.17, 15) is 0 Å². The van der Waals surface area contributed by atoms with Gasteiger partial charge in [0, 0.05) is 23.3 Å². The molecule has 0 saturated carbocycles. The van der Waals surface area contributed by atoms with Crippen LogP contribution in [-0.4, -0.2) is 10.9 Å². The van der Waals surface area contributed by atoms with Crippen molar-refractivity contribution in [1.82, 2.24) is 4.57 Å². The smallest absolute Gasteiger partial charge is 0.131 e. The Hall–Kier alpha value is -2.96. The fraction of sp³-hybridized carbons (Fsp3) is 0.115. The Morgan fingerprint density at radius 2 is 1.48 bits per heavy atom. The molecule has 0 amide bonds. The highest BCUT2D eigenvalue weighted by molar-refractivity contribution is 7.77. The van der Waals surface area contributed by atoms with Crippen LogP contribution in [0.3, 0.4) is 0 Å². The minimum absolute atomic E-state index is 0.00584. The molecule has 0 bridgehead atoms. The van der Waals surface area contributed by atoms with Crippen LogP contribution in [0, 0.1) is 13.8 Å². The van der Waals surface area contributed by atoms with Crippen molar-refractivity contribution in [2.45, 2.75) is 19.6 Å². The molecule has 29 heavy (non-hydrogen) atoms. The highest BCUT2D eigenvalue weighted by atomic mass is 31.2. The van der Waals surface area contributed by atoms with Crippen molar-refractivity contribution in [2.75, 3.05) is 0 Å². The summed E-state index contributed by atoms with van der Waals surface area (Å²) < 4.78 is 9.12. The Labute approximate surface area is 172 Å². The van der Waals surface area contributed by atoms with E-state index in [4.69, 9.17) is 10.8 Å². The van der Waals surface area contributed by atoms with Crippen molar-refractivity contribution in [1.29, 1.82) is 0 Å². The van der Waals surface area contributed by atoms with Crippen molar-refractivity contribution in [3.8, 4) is 16.9 Å². The quantitative estimate of drug-likeness (QED) is 0.365. The number of fused-ring (bicyclic) bond motifs is 3. The summed E-state index contributed by atoms with van der Waals surface area (Å²) in [5.41, 5.74) is 6.10. The first-order valence-electron chi connectivity index (χ1n) is 9.88. The Morgan fingerprint density at radius 1 is 0.793 bits per heavy atom. The standard InChI is InChI=1S/C26H24NOP/c1-19-12-14-21(15-13-19)26(27-17-16-20(2)18-27)29(3)25-11-7-5-9-23(25)22-8-4-6-10-24(22)28-29/h4-18,26H,3H2,1-2H3. The van der Waals surface area contributed by atoms with E-state index < -0.39 is 7.11 Å². The average molecular weight is 397 g/mol. The van der Waals surface area contributed by atoms with Gasteiger partial charge in [-0.3, -0.25) is 0 Å². The minimum Gasteiger partial charge on any atom is -0.470 e. The molecule has 0 fully saturated rings. The molecule has 0 spiro atoms. The van der Waals surface area contributed by atoms with Crippen LogP contribution >= 0.6 is 7.11 Å². The van der Waals surface area contributed by atoms with Crippen molar-refractivity contribution in [3.05, 3.63) is 108 Å². The summed E-state index contributed by atoms with van der Waals surface area (Å²) in [5, 5.41) is 1.22. The highest BCUT2D eigenvalue weighted by Gasteiger charge is 2.38. The first-order chi connectivity index (χ1) is 14.1. The van der Waals surface area contributed by atoms with Crippen LogP contribution in [-0.2, 0) is 0 Å². The SMILES string of the molecule is C=P1(C(c2ccc(C)cc2)n2ccc(C)c2)Oc2ccccc2-c2ccccc21. The Balaban J connectivity index is 1.78. The minimum atomic E-state index is -2.33. The number of para-hydroxylation sites is 1. The molecule has 3 heteroatoms. The molecular formula is C26H24NOP. The van der Waals surface area contributed by atoms with Gasteiger partial charge in [-0.2, -0.15) is 0 Å². The number of benzene rings is 3. The lowest BCUT2D eigenvalue weighted by Gasteiger charge is -2.39. The zero-order valence-corrected chi connectivity index (χ0v) is 17.6. The summed E-state index contributed by atoms with van der Waals surface area (Å²) >= 11 is 0. The molecule has 1 aliphatic heterocycles. The number of rotatable bonds is 3. The third-order valence-corrected chi connectivity index (χ3v) is 8.75. The van der Waals surface area contributed by atoms with Gasteiger partial charge in [0.1, 0.15) is 18.6 Å². The molecule has 4 aromatic rings. The summed E-state index contributed by atoms with van der Waals surface area (Å²) in [6, 6.07) is 27.8. The number of nitrogens with zero attached hydrogens (tertiary/aromatic N) is 1. The van der Waals surface area contributed by atoms with Crippen molar-refractivity contribution >= 4 is 18.7 Å². The van der Waals surface area contributed by atoms with Gasteiger partial charge in [0.05, 0.1) is 0 Å². The maximum atomic E-state index is 6.84. The predicted octanol–water partition coefficient (Wildman–Crippen LogP) is 6.40. The van der Waals surface area contributed by atoms with Crippen molar-refractivity contribution < 1.29 is 4.52 Å². The first-order valence-corrected chi connectivity index (χ1v) is 11.8. The summed E-state index contributed by atoms with van der Waals surface area (Å²) in [6.07, 6.45) is 9.17. The Bertz CT molecular complexity index is 1240. The van der Waals surface area contributed by atoms with Crippen LogP contribution < -0.4 is 9.83 Å². The predicted molar refractivity (Wildman–Crippen MR) is 125 cm³/mol. The van der Waals surface area contributed by atoms with Gasteiger partial charge >= 0.3 is 0 Å². The topological polar surface area (TPSA) is 14.2 Å². The van der Waals surface area contributed by atoms with Crippen LogP contribution in [0.2, 0.25) is 0 Å². The zero-order valence-electron chi connectivity index (χ0n) is 16.7. The molecule has 2 nitrogen and oxygen atoms in total. The molecular weight excluding hydrogens is 373 g/mol. The number of aromatic nitrogens is 1. The second-order valence-corrected chi connectivity index (χ2v) is 10.6. The summed E-state index contributed by atoms with van der Waals surface area (Å²) in [6.45, 7) is 4.25. The van der Waals surface area contributed by atoms with E-state index >= 15 is 0 Å². The molecule has 0 aliphatic carbocycles. The van der Waals surface area contributed by atoms with E-state index in [-0.39, 0.29) is 5.78 Å². The van der Waals surface area contributed by atoms with E-state index in [1.54, 1.807) is 0 Å². The van der Waals surface area contributed by atoms with E-state index in [0.29, 0.717) is 0 Å². The number of hydrogen-bond acceptors (Lipinski definition) is 1. The molecule has 5 rings (SSSR count). The molecule has 0 radical (unpaired) electrons. The van der Waals surface area contributed by atoms with Crippen LogP contribution in [0.25, 0.3) is 11.1 Å². The Morgan fingerprint density at radius 3 is 2.21 bits per heavy atom. The fourth-order valence-electron chi connectivity index (χ4n) is 4.25. The summed E-state index contributed by atoms with van der Waals surface area (Å²) in [4.78, 5) is 0. The second kappa shape index (κ2) is 6.83. The van der Waals surface area contributed by atoms with E-state index in [0.717, 1.165) is 11.3 Å². The summed E-state index contributed by atoms with van der Waals surface area (Å²) in [7, 11) is -2.33. The molecule has 1 aromatic heterocycles. The van der Waals surface area contributed by atoms with Gasteiger partial charge in [0.15, 0.2) is 0 Å². The normalized spacial score (nSPS) is 18.4. The lowest BCUT2D eigenvalue weighted by atomic mass is 10.0. The van der Waals surface area contributed by atoms with Gasteiger partial charge in [-0.15, -0.1) is 0 Å². The molecule has 1 aliphatic rings. The third kappa shape index (κ3) is 2.96. The van der Waals surface area contributed by atoms with Gasteiger partial charge in [-0.1, -0.05) is 78.6 Å². The lowest BCUT2D eigenvalue weighted by Crippen LogP contribution is -2.25. The molecule has 144 valence electrons. The zero-order chi connectivity index (χ0) is 20.0. The Kier molecular flexibility index (Phi) is 4.26. The van der Waals surface area contributed by atoms with E-state index in [2.05, 4.69) is 104 Å². The monoisotopic (exact) mass is 397 g/mol. The van der Waals surface area contributed by atoms with Gasteiger partial charge < -0.3 is 9.09 Å². The fourth-order valence-corrected chi connectivity index (χ4v) is 7.39. The van der Waals surface area contributed by atoms with Gasteiger partial charge in [-0.25, -0.2) is 0 Å². The van der Waals surface area contributed by atoms with Gasteiger partial charge in [-0.05, 0) is 42.7 Å². The summed E-state index contributed by atoms with van der Waals surface area (Å²) in [5.74, 6) is 0.932. The molecule has 2 unspecified atom stereocenters. The average Bonchev–Trinajstić information content (AvgIpc) is 3.15. The maximum Gasteiger partial charge on any atom is 0.131 e. The molecule has 3 aromatic carbocycles. The van der Waals surface area contributed by atoms with Crippen molar-refractivity contribution in [2.24, 2.45) is 0 Å². The van der Waals surface area contributed by atoms with Crippen LogP contribution in [0.1, 0.15) is 22.5 Å². The lowest BCUT2D eigenvalue weighted by molar-refractivity contribution is 0.586. The number of hydrogen-bond donors (Lipinski definition) is 0. The van der Waals surface area contributed by atoms with E-state index in [1.165, 1.54) is 27.6 Å². The maximum absolute atomic E-state index is 6.84. The highest BCUT2D eigenvalue weighted by Crippen LogP contribution is 2.63. The number of aryl methyl sites for hydroxylation is 2.